The smallest absolute Gasteiger partial charge is 0.150 e. The minimum Gasteiger partial charge on any atom is -0.317 e. The fraction of sp³-hybridized carbons (Fsp3) is 0.917. The van der Waals surface area contributed by atoms with Crippen LogP contribution in [0.5, 0.6) is 0 Å². The number of hydrogen-bond acceptors (Lipinski definition) is 4. The number of nitrogens with zero attached hydrogens (tertiary/aromatic N) is 1. The van der Waals surface area contributed by atoms with E-state index in [1.807, 2.05) is 11.8 Å². The molecule has 16 heavy (non-hydrogen) atoms. The SMILES string of the molecule is CCCC(=O)[C@@H]1CSC2(CCNCC2)N1C. The summed E-state index contributed by atoms with van der Waals surface area (Å²) in [5.41, 5.74) is 0. The van der Waals surface area contributed by atoms with Crippen LogP contribution in [0.1, 0.15) is 32.6 Å². The molecule has 1 N–H and O–H groups in total. The van der Waals surface area contributed by atoms with E-state index in [0.29, 0.717) is 5.78 Å². The van der Waals surface area contributed by atoms with Crippen molar-refractivity contribution in [2.75, 3.05) is 25.9 Å². The van der Waals surface area contributed by atoms with E-state index in [9.17, 15) is 4.79 Å². The summed E-state index contributed by atoms with van der Waals surface area (Å²) in [6, 6.07) is 0.169. The van der Waals surface area contributed by atoms with Crippen molar-refractivity contribution in [3.05, 3.63) is 0 Å². The molecule has 0 aliphatic carbocycles. The average molecular weight is 242 g/mol. The summed E-state index contributed by atoms with van der Waals surface area (Å²) in [5.74, 6) is 1.43. The second-order valence-corrected chi connectivity index (χ2v) is 6.23. The average Bonchev–Trinajstić information content (AvgIpc) is 2.59. The van der Waals surface area contributed by atoms with Crippen LogP contribution in [-0.4, -0.2) is 47.5 Å². The van der Waals surface area contributed by atoms with Crippen LogP contribution in [0.2, 0.25) is 0 Å². The highest BCUT2D eigenvalue weighted by atomic mass is 32.2. The van der Waals surface area contributed by atoms with Gasteiger partial charge in [0.05, 0.1) is 10.9 Å². The second-order valence-electron chi connectivity index (χ2n) is 4.85. The van der Waals surface area contributed by atoms with Crippen molar-refractivity contribution < 1.29 is 4.79 Å². The predicted octanol–water partition coefficient (Wildman–Crippen LogP) is 1.48. The molecule has 2 heterocycles. The number of thioether (sulfide) groups is 1. The third-order valence-electron chi connectivity index (χ3n) is 3.87. The van der Waals surface area contributed by atoms with E-state index in [4.69, 9.17) is 0 Å². The zero-order valence-electron chi connectivity index (χ0n) is 10.3. The Bertz CT molecular complexity index is 264. The highest BCUT2D eigenvalue weighted by Crippen LogP contribution is 2.44. The standard InChI is InChI=1S/C12H22N2OS/c1-3-4-11(15)10-9-16-12(14(10)2)5-7-13-8-6-12/h10,13H,3-9H2,1-2H3/t10-/m0/s1. The molecule has 2 aliphatic heterocycles. The molecule has 92 valence electrons. The van der Waals surface area contributed by atoms with E-state index < -0.39 is 0 Å². The van der Waals surface area contributed by atoms with Gasteiger partial charge in [0.2, 0.25) is 0 Å². The Hall–Kier alpha value is -0.0600. The van der Waals surface area contributed by atoms with E-state index in [1.165, 1.54) is 12.8 Å². The maximum absolute atomic E-state index is 12.0. The van der Waals surface area contributed by atoms with Crippen LogP contribution in [0.25, 0.3) is 0 Å². The van der Waals surface area contributed by atoms with Gasteiger partial charge in [0.1, 0.15) is 0 Å². The molecular weight excluding hydrogens is 220 g/mol. The lowest BCUT2D eigenvalue weighted by atomic mass is 10.0. The monoisotopic (exact) mass is 242 g/mol. The normalized spacial score (nSPS) is 29.8. The summed E-state index contributed by atoms with van der Waals surface area (Å²) in [7, 11) is 2.14. The number of carbonyl (C=O) groups is 1. The number of nitrogens with one attached hydrogen (secondary N) is 1. The number of carbonyl (C=O) groups excluding carboxylic acids is 1. The Labute approximate surface area is 102 Å². The first kappa shape index (κ1) is 12.4. The van der Waals surface area contributed by atoms with E-state index in [0.717, 1.165) is 31.7 Å². The van der Waals surface area contributed by atoms with Crippen LogP contribution in [0, 0.1) is 0 Å². The fourth-order valence-corrected chi connectivity index (χ4v) is 4.47. The zero-order valence-corrected chi connectivity index (χ0v) is 11.1. The van der Waals surface area contributed by atoms with E-state index in [-0.39, 0.29) is 10.9 Å². The highest BCUT2D eigenvalue weighted by molar-refractivity contribution is 8.00. The molecule has 0 aromatic carbocycles. The summed E-state index contributed by atoms with van der Waals surface area (Å²) >= 11 is 2.00. The Morgan fingerprint density at radius 3 is 2.81 bits per heavy atom. The van der Waals surface area contributed by atoms with Gasteiger partial charge in [-0.2, -0.15) is 0 Å². The van der Waals surface area contributed by atoms with Crippen LogP contribution in [-0.2, 0) is 4.79 Å². The first-order valence-corrected chi connectivity index (χ1v) is 7.28. The van der Waals surface area contributed by atoms with Gasteiger partial charge >= 0.3 is 0 Å². The third kappa shape index (κ3) is 2.15. The van der Waals surface area contributed by atoms with Gasteiger partial charge in [-0.1, -0.05) is 6.92 Å². The molecular formula is C12H22N2OS. The van der Waals surface area contributed by atoms with Gasteiger partial charge in [0.15, 0.2) is 5.78 Å². The molecule has 0 bridgehead atoms. The molecule has 4 heteroatoms. The van der Waals surface area contributed by atoms with E-state index >= 15 is 0 Å². The topological polar surface area (TPSA) is 32.3 Å². The minimum absolute atomic E-state index is 0.169. The highest BCUT2D eigenvalue weighted by Gasteiger charge is 2.47. The van der Waals surface area contributed by atoms with Crippen molar-refractivity contribution in [3.8, 4) is 0 Å². The number of rotatable bonds is 3. The van der Waals surface area contributed by atoms with Gasteiger partial charge in [-0.15, -0.1) is 11.8 Å². The third-order valence-corrected chi connectivity index (χ3v) is 5.59. The van der Waals surface area contributed by atoms with Crippen molar-refractivity contribution in [1.29, 1.82) is 0 Å². The largest absolute Gasteiger partial charge is 0.317 e. The second kappa shape index (κ2) is 5.07. The van der Waals surface area contributed by atoms with Gasteiger partial charge in [0.25, 0.3) is 0 Å². The Balaban J connectivity index is 2.02. The van der Waals surface area contributed by atoms with Crippen molar-refractivity contribution in [2.24, 2.45) is 0 Å². The summed E-state index contributed by atoms with van der Waals surface area (Å²) in [6.45, 7) is 4.26. The quantitative estimate of drug-likeness (QED) is 0.812. The predicted molar refractivity (Wildman–Crippen MR) is 68.8 cm³/mol. The number of likely N-dealkylation sites (N-methyl/N-ethyl adjacent to an activating group) is 1. The van der Waals surface area contributed by atoms with Gasteiger partial charge in [-0.3, -0.25) is 9.69 Å². The van der Waals surface area contributed by atoms with Crippen molar-refractivity contribution >= 4 is 17.5 Å². The molecule has 2 saturated heterocycles. The summed E-state index contributed by atoms with van der Waals surface area (Å²) in [5, 5.41) is 3.40. The molecule has 2 fully saturated rings. The fourth-order valence-electron chi connectivity index (χ4n) is 2.77. The van der Waals surface area contributed by atoms with Gasteiger partial charge in [-0.25, -0.2) is 0 Å². The molecule has 2 rings (SSSR count). The number of ketones is 1. The molecule has 0 unspecified atom stereocenters. The maximum Gasteiger partial charge on any atom is 0.150 e. The molecule has 1 spiro atoms. The van der Waals surface area contributed by atoms with Gasteiger partial charge in [-0.05, 0) is 39.4 Å². The summed E-state index contributed by atoms with van der Waals surface area (Å²) < 4.78 is 0. The molecule has 0 amide bonds. The van der Waals surface area contributed by atoms with Gasteiger partial charge in [0, 0.05) is 12.2 Å². The van der Waals surface area contributed by atoms with Crippen molar-refractivity contribution in [3.63, 3.8) is 0 Å². The lowest BCUT2D eigenvalue weighted by Crippen LogP contribution is -2.51. The Kier molecular flexibility index (Phi) is 3.93. The molecule has 1 atom stereocenters. The number of piperidine rings is 1. The number of hydrogen-bond donors (Lipinski definition) is 1. The van der Waals surface area contributed by atoms with E-state index in [2.05, 4.69) is 24.2 Å². The first-order valence-electron chi connectivity index (χ1n) is 6.30. The Morgan fingerprint density at radius 2 is 2.19 bits per heavy atom. The van der Waals surface area contributed by atoms with Gasteiger partial charge < -0.3 is 5.32 Å². The van der Waals surface area contributed by atoms with Crippen LogP contribution in [0.3, 0.4) is 0 Å². The number of Topliss-reactive ketones (excluding diaryl/α,β-unsaturated/α-hetero) is 1. The minimum atomic E-state index is 0.169. The van der Waals surface area contributed by atoms with Crippen molar-refractivity contribution in [2.45, 2.75) is 43.5 Å². The summed E-state index contributed by atoms with van der Waals surface area (Å²) in [4.78, 5) is 14.6. The molecule has 0 saturated carbocycles. The summed E-state index contributed by atoms with van der Waals surface area (Å²) in [6.07, 6.45) is 4.06. The molecule has 2 aliphatic rings. The van der Waals surface area contributed by atoms with Crippen LogP contribution in [0.4, 0.5) is 0 Å². The van der Waals surface area contributed by atoms with Crippen LogP contribution in [0.15, 0.2) is 0 Å². The van der Waals surface area contributed by atoms with Crippen LogP contribution < -0.4 is 5.32 Å². The maximum atomic E-state index is 12.0. The van der Waals surface area contributed by atoms with Crippen molar-refractivity contribution in [1.82, 2.24) is 10.2 Å². The lowest BCUT2D eigenvalue weighted by molar-refractivity contribution is -0.123. The Morgan fingerprint density at radius 1 is 1.50 bits per heavy atom. The molecule has 0 aromatic heterocycles. The first-order chi connectivity index (χ1) is 7.69. The zero-order chi connectivity index (χ0) is 11.6. The lowest BCUT2D eigenvalue weighted by Gasteiger charge is -2.40. The van der Waals surface area contributed by atoms with E-state index in [1.54, 1.807) is 0 Å². The van der Waals surface area contributed by atoms with Crippen LogP contribution >= 0.6 is 11.8 Å². The molecule has 3 nitrogen and oxygen atoms in total. The molecule has 0 aromatic rings. The molecule has 0 radical (unpaired) electrons.